The van der Waals surface area contributed by atoms with Crippen LogP contribution in [-0.2, 0) is 4.74 Å². The van der Waals surface area contributed by atoms with Crippen LogP contribution in [0.4, 0.5) is 10.6 Å². The summed E-state index contributed by atoms with van der Waals surface area (Å²) in [7, 11) is 0. The van der Waals surface area contributed by atoms with Gasteiger partial charge in [-0.25, -0.2) is 9.78 Å². The van der Waals surface area contributed by atoms with E-state index in [1.807, 2.05) is 30.3 Å². The third kappa shape index (κ3) is 2.60. The van der Waals surface area contributed by atoms with Crippen LogP contribution >= 0.6 is 0 Å². The third-order valence-electron chi connectivity index (χ3n) is 2.23. The van der Waals surface area contributed by atoms with E-state index in [0.717, 1.165) is 10.8 Å². The minimum absolute atomic E-state index is 0.177. The number of fused-ring (bicyclic) bond motifs is 1. The van der Waals surface area contributed by atoms with Gasteiger partial charge in [-0.15, -0.1) is 0 Å². The molecule has 0 bridgehead atoms. The lowest BCUT2D eigenvalue weighted by atomic mass is 10.1. The Balaban J connectivity index is 2.23. The van der Waals surface area contributed by atoms with Crippen molar-refractivity contribution in [1.82, 2.24) is 4.98 Å². The van der Waals surface area contributed by atoms with Crippen LogP contribution in [0.25, 0.3) is 10.8 Å². The van der Waals surface area contributed by atoms with Crippen molar-refractivity contribution in [3.05, 3.63) is 49.2 Å². The summed E-state index contributed by atoms with van der Waals surface area (Å²) < 4.78 is 4.84. The highest BCUT2D eigenvalue weighted by Gasteiger charge is 2.06. The Morgan fingerprint density at radius 3 is 3.06 bits per heavy atom. The minimum atomic E-state index is -0.534. The number of carbonyl (C=O) groups is 1. The molecule has 86 valence electrons. The number of nitrogens with zero attached hydrogens (tertiary/aromatic N) is 1. The summed E-state index contributed by atoms with van der Waals surface area (Å²) in [6.45, 7) is 3.65. The molecule has 0 fully saturated rings. The van der Waals surface area contributed by atoms with Crippen LogP contribution < -0.4 is 5.32 Å². The number of benzene rings is 1. The summed E-state index contributed by atoms with van der Waals surface area (Å²) in [4.78, 5) is 15.5. The van der Waals surface area contributed by atoms with Gasteiger partial charge in [-0.3, -0.25) is 5.32 Å². The number of hydrogen-bond acceptors (Lipinski definition) is 3. The second-order valence-electron chi connectivity index (χ2n) is 3.39. The second-order valence-corrected chi connectivity index (χ2v) is 3.39. The van der Waals surface area contributed by atoms with E-state index >= 15 is 0 Å². The zero-order chi connectivity index (χ0) is 12.1. The number of aromatic nitrogens is 1. The van der Waals surface area contributed by atoms with Crippen molar-refractivity contribution in [2.45, 2.75) is 0 Å². The minimum Gasteiger partial charge on any atom is -0.445 e. The molecule has 1 heterocycles. The maximum Gasteiger partial charge on any atom is 0.413 e. The molecular weight excluding hydrogens is 216 g/mol. The van der Waals surface area contributed by atoms with E-state index in [9.17, 15) is 4.79 Å². The van der Waals surface area contributed by atoms with Gasteiger partial charge >= 0.3 is 6.09 Å². The molecule has 2 aromatic rings. The number of pyridine rings is 1. The molecule has 0 aliphatic carbocycles. The van der Waals surface area contributed by atoms with Gasteiger partial charge in [0, 0.05) is 11.6 Å². The Hall–Kier alpha value is -2.36. The maximum absolute atomic E-state index is 11.4. The smallest absolute Gasteiger partial charge is 0.413 e. The molecule has 0 saturated heterocycles. The molecule has 4 nitrogen and oxygen atoms in total. The molecule has 0 radical (unpaired) electrons. The SMILES string of the molecule is C=CCOC(=O)Nc1nccc2ccccc12. The van der Waals surface area contributed by atoms with Crippen LogP contribution in [0, 0.1) is 0 Å². The number of carbonyl (C=O) groups excluding carboxylic acids is 1. The molecule has 0 spiro atoms. The number of anilines is 1. The van der Waals surface area contributed by atoms with Crippen molar-refractivity contribution in [3.63, 3.8) is 0 Å². The molecule has 0 aliphatic rings. The average molecular weight is 228 g/mol. The Morgan fingerprint density at radius 2 is 2.24 bits per heavy atom. The molecule has 0 atom stereocenters. The molecule has 1 aromatic heterocycles. The van der Waals surface area contributed by atoms with Crippen LogP contribution in [0.3, 0.4) is 0 Å². The van der Waals surface area contributed by atoms with Gasteiger partial charge in [-0.1, -0.05) is 36.9 Å². The van der Waals surface area contributed by atoms with Crippen molar-refractivity contribution >= 4 is 22.7 Å². The Labute approximate surface area is 98.9 Å². The largest absolute Gasteiger partial charge is 0.445 e. The first-order valence-electron chi connectivity index (χ1n) is 5.19. The quantitative estimate of drug-likeness (QED) is 0.821. The van der Waals surface area contributed by atoms with Crippen molar-refractivity contribution in [3.8, 4) is 0 Å². The van der Waals surface area contributed by atoms with Gasteiger partial charge in [0.25, 0.3) is 0 Å². The fraction of sp³-hybridized carbons (Fsp3) is 0.0769. The molecule has 1 aromatic carbocycles. The highest BCUT2D eigenvalue weighted by molar-refractivity contribution is 5.97. The number of amides is 1. The second kappa shape index (κ2) is 5.12. The summed E-state index contributed by atoms with van der Waals surface area (Å²) in [5.74, 6) is 0.497. The zero-order valence-electron chi connectivity index (χ0n) is 9.22. The topological polar surface area (TPSA) is 51.2 Å². The third-order valence-corrected chi connectivity index (χ3v) is 2.23. The van der Waals surface area contributed by atoms with Crippen LogP contribution in [-0.4, -0.2) is 17.7 Å². The lowest BCUT2D eigenvalue weighted by Gasteiger charge is -2.07. The first-order chi connectivity index (χ1) is 8.31. The molecule has 0 saturated carbocycles. The highest BCUT2D eigenvalue weighted by atomic mass is 16.5. The van der Waals surface area contributed by atoms with E-state index in [1.54, 1.807) is 6.20 Å². The Morgan fingerprint density at radius 1 is 1.41 bits per heavy atom. The molecule has 1 amide bonds. The van der Waals surface area contributed by atoms with E-state index in [0.29, 0.717) is 5.82 Å². The zero-order valence-corrected chi connectivity index (χ0v) is 9.22. The van der Waals surface area contributed by atoms with E-state index < -0.39 is 6.09 Å². The van der Waals surface area contributed by atoms with Crippen molar-refractivity contribution in [1.29, 1.82) is 0 Å². The predicted octanol–water partition coefficient (Wildman–Crippen LogP) is 2.97. The number of nitrogens with one attached hydrogen (secondary N) is 1. The summed E-state index contributed by atoms with van der Waals surface area (Å²) >= 11 is 0. The van der Waals surface area contributed by atoms with Crippen molar-refractivity contribution in [2.75, 3.05) is 11.9 Å². The monoisotopic (exact) mass is 228 g/mol. The van der Waals surface area contributed by atoms with Crippen molar-refractivity contribution < 1.29 is 9.53 Å². The number of hydrogen-bond donors (Lipinski definition) is 1. The highest BCUT2D eigenvalue weighted by Crippen LogP contribution is 2.20. The van der Waals surface area contributed by atoms with Gasteiger partial charge in [-0.2, -0.15) is 0 Å². The first-order valence-corrected chi connectivity index (χ1v) is 5.19. The summed E-state index contributed by atoms with van der Waals surface area (Å²) in [5, 5.41) is 4.50. The fourth-order valence-electron chi connectivity index (χ4n) is 1.49. The van der Waals surface area contributed by atoms with E-state index in [1.165, 1.54) is 6.08 Å². The number of rotatable bonds is 3. The van der Waals surface area contributed by atoms with Gasteiger partial charge in [0.05, 0.1) is 0 Å². The van der Waals surface area contributed by atoms with Gasteiger partial charge < -0.3 is 4.74 Å². The van der Waals surface area contributed by atoms with Crippen LogP contribution in [0.1, 0.15) is 0 Å². The fourth-order valence-corrected chi connectivity index (χ4v) is 1.49. The summed E-state index contributed by atoms with van der Waals surface area (Å²) in [6.07, 6.45) is 2.62. The van der Waals surface area contributed by atoms with Crippen LogP contribution in [0.5, 0.6) is 0 Å². The molecule has 17 heavy (non-hydrogen) atoms. The molecule has 0 unspecified atom stereocenters. The molecule has 1 N–H and O–H groups in total. The van der Waals surface area contributed by atoms with E-state index in [4.69, 9.17) is 4.74 Å². The van der Waals surface area contributed by atoms with Crippen LogP contribution in [0.15, 0.2) is 49.2 Å². The van der Waals surface area contributed by atoms with E-state index in [2.05, 4.69) is 16.9 Å². The summed E-state index contributed by atoms with van der Waals surface area (Å²) in [5.41, 5.74) is 0. The van der Waals surface area contributed by atoms with Gasteiger partial charge in [-0.05, 0) is 11.5 Å². The van der Waals surface area contributed by atoms with Gasteiger partial charge in [0.2, 0.25) is 0 Å². The molecule has 2 rings (SSSR count). The average Bonchev–Trinajstić information content (AvgIpc) is 2.37. The lowest BCUT2D eigenvalue weighted by Crippen LogP contribution is -2.14. The summed E-state index contributed by atoms with van der Waals surface area (Å²) in [6, 6.07) is 9.56. The Kier molecular flexibility index (Phi) is 3.35. The van der Waals surface area contributed by atoms with E-state index in [-0.39, 0.29) is 6.61 Å². The van der Waals surface area contributed by atoms with Gasteiger partial charge in [0.1, 0.15) is 12.4 Å². The molecular formula is C13H12N2O2. The molecule has 0 aliphatic heterocycles. The predicted molar refractivity (Wildman–Crippen MR) is 66.9 cm³/mol. The van der Waals surface area contributed by atoms with Crippen molar-refractivity contribution in [2.24, 2.45) is 0 Å². The number of ether oxygens (including phenoxy) is 1. The van der Waals surface area contributed by atoms with Gasteiger partial charge in [0.15, 0.2) is 0 Å². The molecule has 4 heteroatoms. The Bertz CT molecular complexity index is 547. The first kappa shape index (κ1) is 11.1. The normalized spacial score (nSPS) is 9.88. The van der Waals surface area contributed by atoms with Crippen LogP contribution in [0.2, 0.25) is 0 Å². The standard InChI is InChI=1S/C13H12N2O2/c1-2-9-17-13(16)15-12-11-6-4-3-5-10(11)7-8-14-12/h2-8H,1,9H2,(H,14,15,16). The maximum atomic E-state index is 11.4. The lowest BCUT2D eigenvalue weighted by molar-refractivity contribution is 0.174.